The molecule has 0 bridgehead atoms. The zero-order chi connectivity index (χ0) is 78.9. The van der Waals surface area contributed by atoms with E-state index in [1.54, 1.807) is 6.92 Å². The minimum absolute atomic E-state index is 0.124. The van der Waals surface area contributed by atoms with Gasteiger partial charge in [0.25, 0.3) is 0 Å². The number of allylic oxidation sites excluding steroid dienone is 2. The molecule has 36 nitrogen and oxygen atoms in total. The van der Waals surface area contributed by atoms with Gasteiger partial charge in [-0.3, -0.25) is 9.59 Å². The number of rotatable bonds is 18. The second-order valence-electron chi connectivity index (χ2n) is 34.0. The van der Waals surface area contributed by atoms with Crippen molar-refractivity contribution in [2.45, 2.75) is 342 Å². The van der Waals surface area contributed by atoms with Crippen LogP contribution in [0.25, 0.3) is 0 Å². The largest absolute Gasteiger partial charge is 0.479 e. The molecule has 0 aromatic heterocycles. The van der Waals surface area contributed by atoms with Crippen LogP contribution in [0.2, 0.25) is 0 Å². The summed E-state index contributed by atoms with van der Waals surface area (Å²) in [6, 6.07) is 0. The molecule has 5 aliphatic carbocycles. The summed E-state index contributed by atoms with van der Waals surface area (Å²) in [5, 5.41) is 186. The average molecular weight is 1550 g/mol. The highest BCUT2D eigenvalue weighted by atomic mass is 16.8. The normalized spacial score (nSPS) is 53.8. The van der Waals surface area contributed by atoms with E-state index in [-0.39, 0.29) is 24.2 Å². The molecule has 0 radical (unpaired) electrons. The Morgan fingerprint density at radius 1 is 0.491 bits per heavy atom. The van der Waals surface area contributed by atoms with Gasteiger partial charge in [0.15, 0.2) is 56.1 Å². The van der Waals surface area contributed by atoms with Gasteiger partial charge in [-0.25, -0.2) is 4.79 Å². The fraction of sp³-hybridized carbons (Fsp3) is 0.917. The number of aliphatic hydroxyl groups excluding tert-OH is 16. The lowest BCUT2D eigenvalue weighted by molar-refractivity contribution is -0.391. The fourth-order valence-electron chi connectivity index (χ4n) is 20.4. The van der Waals surface area contributed by atoms with Crippen LogP contribution in [-0.4, -0.2) is 340 Å². The lowest BCUT2D eigenvalue weighted by Crippen LogP contribution is -2.69. The van der Waals surface area contributed by atoms with E-state index >= 15 is 4.79 Å². The van der Waals surface area contributed by atoms with Gasteiger partial charge < -0.3 is 163 Å². The molecule has 0 aromatic rings. The van der Waals surface area contributed by atoms with E-state index in [2.05, 4.69) is 40.7 Å². The summed E-state index contributed by atoms with van der Waals surface area (Å²) in [5.41, 5.74) is -3.81. The van der Waals surface area contributed by atoms with Gasteiger partial charge in [0.05, 0.1) is 55.1 Å². The van der Waals surface area contributed by atoms with Gasteiger partial charge in [0.2, 0.25) is 6.29 Å². The fourth-order valence-corrected chi connectivity index (χ4v) is 20.4. The summed E-state index contributed by atoms with van der Waals surface area (Å²) < 4.78 is 92.0. The zero-order valence-electron chi connectivity index (χ0n) is 62.1. The van der Waals surface area contributed by atoms with Gasteiger partial charge >= 0.3 is 17.9 Å². The van der Waals surface area contributed by atoms with Crippen molar-refractivity contribution in [3.05, 3.63) is 11.6 Å². The minimum atomic E-state index is -2.22. The van der Waals surface area contributed by atoms with E-state index in [1.807, 2.05) is 0 Å². The Balaban J connectivity index is 0.838. The molecule has 11 fully saturated rings. The molecule has 7 saturated heterocycles. The van der Waals surface area contributed by atoms with Gasteiger partial charge in [-0.15, -0.1) is 0 Å². The van der Waals surface area contributed by atoms with Crippen molar-refractivity contribution in [3.63, 3.8) is 0 Å². The van der Waals surface area contributed by atoms with E-state index in [4.69, 9.17) is 71.1 Å². The number of fused-ring (bicyclic) bond motifs is 7. The lowest BCUT2D eigenvalue weighted by atomic mass is 9.33. The lowest BCUT2D eigenvalue weighted by Gasteiger charge is -2.71. The van der Waals surface area contributed by atoms with Gasteiger partial charge in [-0.2, -0.15) is 0 Å². The maximum Gasteiger partial charge on any atom is 0.335 e. The maximum atomic E-state index is 16.2. The summed E-state index contributed by atoms with van der Waals surface area (Å²) >= 11 is 0. The first-order valence-electron chi connectivity index (χ1n) is 37.7. The molecule has 42 atom stereocenters. The van der Waals surface area contributed by atoms with E-state index in [1.165, 1.54) is 20.8 Å². The van der Waals surface area contributed by atoms with Crippen LogP contribution in [0.3, 0.4) is 0 Å². The molecule has 12 aliphatic rings. The van der Waals surface area contributed by atoms with Crippen molar-refractivity contribution >= 4 is 24.2 Å². The van der Waals surface area contributed by atoms with Crippen LogP contribution < -0.4 is 0 Å². The smallest absolute Gasteiger partial charge is 0.335 e. The monoisotopic (exact) mass is 1550 g/mol. The van der Waals surface area contributed by atoms with Crippen molar-refractivity contribution in [1.82, 2.24) is 0 Å². The Labute approximate surface area is 623 Å². The summed E-state index contributed by atoms with van der Waals surface area (Å²) in [6.45, 7) is 16.1. The first kappa shape index (κ1) is 84.1. The molecule has 108 heavy (non-hydrogen) atoms. The first-order valence-corrected chi connectivity index (χ1v) is 37.7. The van der Waals surface area contributed by atoms with Crippen LogP contribution in [0.4, 0.5) is 0 Å². The van der Waals surface area contributed by atoms with E-state index < -0.39 is 285 Å². The Morgan fingerprint density at radius 2 is 1.01 bits per heavy atom. The molecule has 7 heterocycles. The Hall–Kier alpha value is -3.34. The second kappa shape index (κ2) is 31.7. The highest BCUT2D eigenvalue weighted by Gasteiger charge is 2.72. The van der Waals surface area contributed by atoms with Crippen molar-refractivity contribution in [3.8, 4) is 0 Å². The summed E-state index contributed by atoms with van der Waals surface area (Å²) in [6.07, 6.45) is -52.7. The number of aliphatic carboxylic acids is 1. The number of carboxylic acids is 1. The third kappa shape index (κ3) is 14.7. The highest BCUT2D eigenvalue weighted by molar-refractivity contribution is 5.79. The third-order valence-corrected chi connectivity index (χ3v) is 27.1. The van der Waals surface area contributed by atoms with Crippen LogP contribution >= 0.6 is 0 Å². The average Bonchev–Trinajstić information content (AvgIpc) is 0.673. The molecule has 7 aliphatic heterocycles. The molecule has 17 N–H and O–H groups in total. The predicted molar refractivity (Wildman–Crippen MR) is 355 cm³/mol. The van der Waals surface area contributed by atoms with Crippen LogP contribution in [-0.2, 0) is 90.2 Å². The van der Waals surface area contributed by atoms with Crippen molar-refractivity contribution in [1.29, 1.82) is 0 Å². The number of hydrogen-bond donors (Lipinski definition) is 17. The van der Waals surface area contributed by atoms with Crippen molar-refractivity contribution < 1.29 is 177 Å². The number of aldehydes is 1. The molecule has 0 amide bonds. The van der Waals surface area contributed by atoms with Gasteiger partial charge in [-0.1, -0.05) is 53.2 Å². The van der Waals surface area contributed by atoms with Gasteiger partial charge in [-0.05, 0) is 124 Å². The summed E-state index contributed by atoms with van der Waals surface area (Å²) in [7, 11) is 0. The van der Waals surface area contributed by atoms with Crippen LogP contribution in [0.1, 0.15) is 133 Å². The Kier molecular flexibility index (Phi) is 24.7. The van der Waals surface area contributed by atoms with Crippen LogP contribution in [0, 0.1) is 50.2 Å². The minimum Gasteiger partial charge on any atom is -0.479 e. The van der Waals surface area contributed by atoms with Crippen LogP contribution in [0.15, 0.2) is 11.6 Å². The topological polar surface area (TPSA) is 551 Å². The Bertz CT molecular complexity index is 3200. The van der Waals surface area contributed by atoms with Crippen LogP contribution in [0.5, 0.6) is 0 Å². The van der Waals surface area contributed by atoms with E-state index in [9.17, 15) is 101 Å². The number of ether oxygens (including phenoxy) is 15. The van der Waals surface area contributed by atoms with E-state index in [0.29, 0.717) is 51.4 Å². The SMILES string of the molecule is CC(=O)OC1C(C)OC(OC(=O)C23CCC(C)(C)CC2C2=CCC4C5(C)CCC(OC6OC(C(=O)O)C(O)C(OC7OCC(O)C(O)C7O)C6OC6OC(CO)C(O)C(O)C6O)C(C)(C=O)C5CCC4(C)C2(C)CC3)C(OC2OC(C)C(OC3OCC(O)C(O)C3O)C(O)C2O)C1OC1OC(C)C(O)C(O)C1O. The molecule has 12 rings (SSSR count). The summed E-state index contributed by atoms with van der Waals surface area (Å²) in [4.78, 5) is 56.6. The predicted octanol–water partition coefficient (Wildman–Crippen LogP) is -4.36. The maximum absolute atomic E-state index is 16.2. The molecule has 42 unspecified atom stereocenters. The standard InChI is InChI=1S/C72H112O36/c1-26-38(78)42(82)47(87)61(96-26)105-55-52(99-29(4)75)28(3)98-64(57(55)107-62-49(89)44(84)51(27(2)97-62)102-59-45(85)39(79)32(76)23-94-59)108-66(93)72-19-17-67(5,6)21-31(72)30-11-12-36-68(7)15-14-37(69(8,25-74)35(68)13-16-71(36,10)70(30,9)18-20-72)101-65-56(106-63-48(88)43(83)41(81)34(22-73)100-63)53(50(90)54(104-65)58(91)92)103-60-46(86)40(80)33(77)24-95-60/h11,25-28,31-57,59-65,73,76-90H,12-24H2,1-10H3,(H,91,92). The Morgan fingerprint density at radius 3 is 1.60 bits per heavy atom. The quantitative estimate of drug-likeness (QED) is 0.0267. The number of carbonyl (C=O) groups excluding carboxylic acids is 3. The van der Waals surface area contributed by atoms with Gasteiger partial charge in [0.1, 0.15) is 128 Å². The summed E-state index contributed by atoms with van der Waals surface area (Å²) in [5.74, 6) is -4.38. The highest BCUT2D eigenvalue weighted by Crippen LogP contribution is 2.76. The second-order valence-corrected chi connectivity index (χ2v) is 34.0. The number of esters is 2. The van der Waals surface area contributed by atoms with Crippen molar-refractivity contribution in [2.75, 3.05) is 19.8 Å². The molecule has 36 heteroatoms. The number of carbonyl (C=O) groups is 4. The molecule has 0 spiro atoms. The molecular formula is C72H112O36. The number of hydrogen-bond acceptors (Lipinski definition) is 35. The molecule has 0 aromatic carbocycles. The van der Waals surface area contributed by atoms with E-state index in [0.717, 1.165) is 18.8 Å². The zero-order valence-corrected chi connectivity index (χ0v) is 62.1. The molecule has 4 saturated carbocycles. The van der Waals surface area contributed by atoms with Gasteiger partial charge in [0, 0.05) is 6.92 Å². The number of carboxylic acid groups (broad SMARTS) is 1. The first-order chi connectivity index (χ1) is 50.6. The van der Waals surface area contributed by atoms with Crippen molar-refractivity contribution in [2.24, 2.45) is 50.2 Å². The number of aliphatic hydroxyl groups is 16. The molecule has 616 valence electrons. The molecular weight excluding hydrogens is 1440 g/mol. The third-order valence-electron chi connectivity index (χ3n) is 27.1.